The lowest BCUT2D eigenvalue weighted by Gasteiger charge is -2.07. The van der Waals surface area contributed by atoms with Crippen LogP contribution in [0.4, 0.5) is 0 Å². The molecule has 0 aliphatic carbocycles. The number of pyridine rings is 1. The number of aromatic nitrogens is 5. The number of aromatic carboxylic acids is 1. The maximum atomic E-state index is 11.3. The van der Waals surface area contributed by atoms with Crippen LogP contribution in [0.5, 0.6) is 0 Å². The van der Waals surface area contributed by atoms with E-state index in [2.05, 4.69) is 15.1 Å². The highest BCUT2D eigenvalue weighted by molar-refractivity contribution is 5.99. The Morgan fingerprint density at radius 1 is 1.39 bits per heavy atom. The molecule has 3 aromatic rings. The summed E-state index contributed by atoms with van der Waals surface area (Å²) in [4.78, 5) is 19.3. The van der Waals surface area contributed by atoms with E-state index in [1.807, 2.05) is 0 Å². The lowest BCUT2D eigenvalue weighted by atomic mass is 10.2. The van der Waals surface area contributed by atoms with Gasteiger partial charge in [0.25, 0.3) is 0 Å². The molecule has 0 radical (unpaired) electrons. The number of aryl methyl sites for hydroxylation is 1. The molecule has 0 unspecified atom stereocenters. The van der Waals surface area contributed by atoms with Gasteiger partial charge in [0, 0.05) is 25.6 Å². The first-order chi connectivity index (χ1) is 8.68. The number of hydrogen-bond acceptors (Lipinski definition) is 4. The largest absolute Gasteiger partial charge is 0.478 e. The van der Waals surface area contributed by atoms with Crippen LogP contribution in [-0.2, 0) is 7.05 Å². The number of fused-ring (bicyclic) bond motifs is 1. The fourth-order valence-electron chi connectivity index (χ4n) is 1.91. The second kappa shape index (κ2) is 3.66. The Morgan fingerprint density at radius 2 is 2.22 bits per heavy atom. The van der Waals surface area contributed by atoms with E-state index in [1.165, 1.54) is 6.20 Å². The quantitative estimate of drug-likeness (QED) is 0.721. The fraction of sp³-hybridized carbons (Fsp3) is 0.0909. The van der Waals surface area contributed by atoms with E-state index in [0.29, 0.717) is 16.7 Å². The van der Waals surface area contributed by atoms with Gasteiger partial charge in [-0.2, -0.15) is 5.10 Å². The van der Waals surface area contributed by atoms with Gasteiger partial charge in [0.1, 0.15) is 5.56 Å². The summed E-state index contributed by atoms with van der Waals surface area (Å²) < 4.78 is 3.25. The Morgan fingerprint density at radius 3 is 2.89 bits per heavy atom. The Kier molecular flexibility index (Phi) is 2.12. The minimum atomic E-state index is -1.03. The number of imidazole rings is 1. The van der Waals surface area contributed by atoms with Crippen LogP contribution in [0.2, 0.25) is 0 Å². The highest BCUT2D eigenvalue weighted by atomic mass is 16.4. The maximum Gasteiger partial charge on any atom is 0.339 e. The van der Waals surface area contributed by atoms with Crippen molar-refractivity contribution in [3.63, 3.8) is 0 Å². The number of carbonyl (C=O) groups is 1. The Labute approximate surface area is 101 Å². The molecule has 0 atom stereocenters. The third-order valence-electron chi connectivity index (χ3n) is 2.73. The van der Waals surface area contributed by atoms with Gasteiger partial charge in [-0.25, -0.2) is 14.8 Å². The van der Waals surface area contributed by atoms with Crippen molar-refractivity contribution in [2.24, 2.45) is 7.05 Å². The Hall–Kier alpha value is -2.70. The van der Waals surface area contributed by atoms with Crippen molar-refractivity contribution in [3.05, 3.63) is 36.7 Å². The molecule has 0 saturated heterocycles. The van der Waals surface area contributed by atoms with Crippen molar-refractivity contribution in [3.8, 4) is 5.69 Å². The molecule has 0 bridgehead atoms. The van der Waals surface area contributed by atoms with E-state index in [9.17, 15) is 9.90 Å². The van der Waals surface area contributed by atoms with Crippen LogP contribution in [0.25, 0.3) is 16.7 Å². The summed E-state index contributed by atoms with van der Waals surface area (Å²) in [5.41, 5.74) is 1.27. The molecule has 18 heavy (non-hydrogen) atoms. The minimum Gasteiger partial charge on any atom is -0.478 e. The van der Waals surface area contributed by atoms with E-state index in [1.54, 1.807) is 41.2 Å². The predicted octanol–water partition coefficient (Wildman–Crippen LogP) is 0.852. The normalized spacial score (nSPS) is 10.9. The van der Waals surface area contributed by atoms with Crippen LogP contribution in [0.15, 0.2) is 31.1 Å². The minimum absolute atomic E-state index is 0.119. The van der Waals surface area contributed by atoms with Crippen LogP contribution in [-0.4, -0.2) is 35.4 Å². The summed E-state index contributed by atoms with van der Waals surface area (Å²) in [7, 11) is 1.76. The number of nitrogens with zero attached hydrogens (tertiary/aromatic N) is 5. The predicted molar refractivity (Wildman–Crippen MR) is 62.6 cm³/mol. The number of hydrogen-bond donors (Lipinski definition) is 1. The second-order valence-corrected chi connectivity index (χ2v) is 3.80. The standard InChI is InChI=1S/C11H9N5O2/c1-15-10-7(5-14-15)9(16-3-2-12-6-16)8(4-13-10)11(17)18/h2-6H,1H3,(H,17,18). The van der Waals surface area contributed by atoms with Crippen LogP contribution < -0.4 is 0 Å². The zero-order valence-corrected chi connectivity index (χ0v) is 9.48. The molecule has 0 aliphatic rings. The van der Waals surface area contributed by atoms with E-state index in [0.717, 1.165) is 0 Å². The number of carboxylic acids is 1. The van der Waals surface area contributed by atoms with Crippen LogP contribution in [0, 0.1) is 0 Å². The monoisotopic (exact) mass is 243 g/mol. The van der Waals surface area contributed by atoms with Crippen molar-refractivity contribution in [2.75, 3.05) is 0 Å². The lowest BCUT2D eigenvalue weighted by molar-refractivity contribution is 0.0696. The van der Waals surface area contributed by atoms with Gasteiger partial charge in [-0.1, -0.05) is 0 Å². The molecule has 0 aromatic carbocycles. The molecule has 0 spiro atoms. The van der Waals surface area contributed by atoms with Crippen LogP contribution >= 0.6 is 0 Å². The summed E-state index contributed by atoms with van der Waals surface area (Å²) in [5.74, 6) is -1.03. The number of carboxylic acid groups (broad SMARTS) is 1. The van der Waals surface area contributed by atoms with Crippen molar-refractivity contribution < 1.29 is 9.90 Å². The van der Waals surface area contributed by atoms with Gasteiger partial charge in [0.15, 0.2) is 5.65 Å². The zero-order chi connectivity index (χ0) is 12.7. The third-order valence-corrected chi connectivity index (χ3v) is 2.73. The summed E-state index contributed by atoms with van der Waals surface area (Å²) in [6.07, 6.45) is 7.77. The SMILES string of the molecule is Cn1ncc2c(-n3ccnc3)c(C(=O)O)cnc21. The third kappa shape index (κ3) is 1.37. The molecule has 0 saturated carbocycles. The van der Waals surface area contributed by atoms with E-state index < -0.39 is 5.97 Å². The highest BCUT2D eigenvalue weighted by Crippen LogP contribution is 2.23. The molecule has 3 aromatic heterocycles. The van der Waals surface area contributed by atoms with Crippen molar-refractivity contribution >= 4 is 17.0 Å². The molecular formula is C11H9N5O2. The molecule has 7 heteroatoms. The second-order valence-electron chi connectivity index (χ2n) is 3.80. The lowest BCUT2D eigenvalue weighted by Crippen LogP contribution is -2.06. The van der Waals surface area contributed by atoms with Gasteiger partial charge in [0.05, 0.1) is 23.6 Å². The first kappa shape index (κ1) is 10.5. The van der Waals surface area contributed by atoms with Crippen molar-refractivity contribution in [2.45, 2.75) is 0 Å². The van der Waals surface area contributed by atoms with E-state index in [-0.39, 0.29) is 5.56 Å². The Bertz CT molecular complexity index is 729. The summed E-state index contributed by atoms with van der Waals surface area (Å²) in [6, 6.07) is 0. The Balaban J connectivity index is 2.43. The topological polar surface area (TPSA) is 85.8 Å². The average molecular weight is 243 g/mol. The van der Waals surface area contributed by atoms with Crippen molar-refractivity contribution in [1.29, 1.82) is 0 Å². The van der Waals surface area contributed by atoms with Gasteiger partial charge in [-0.3, -0.25) is 4.68 Å². The first-order valence-corrected chi connectivity index (χ1v) is 5.21. The first-order valence-electron chi connectivity index (χ1n) is 5.21. The molecule has 3 rings (SSSR count). The zero-order valence-electron chi connectivity index (χ0n) is 9.48. The molecule has 90 valence electrons. The summed E-state index contributed by atoms with van der Waals surface area (Å²) in [6.45, 7) is 0. The van der Waals surface area contributed by atoms with Crippen LogP contribution in [0.1, 0.15) is 10.4 Å². The van der Waals surface area contributed by atoms with E-state index >= 15 is 0 Å². The molecule has 3 heterocycles. The molecule has 0 amide bonds. The molecule has 0 fully saturated rings. The number of rotatable bonds is 2. The molecule has 0 aliphatic heterocycles. The van der Waals surface area contributed by atoms with Gasteiger partial charge >= 0.3 is 5.97 Å². The smallest absolute Gasteiger partial charge is 0.339 e. The van der Waals surface area contributed by atoms with Gasteiger partial charge in [-0.15, -0.1) is 0 Å². The molecular weight excluding hydrogens is 234 g/mol. The highest BCUT2D eigenvalue weighted by Gasteiger charge is 2.17. The average Bonchev–Trinajstić information content (AvgIpc) is 2.98. The fourth-order valence-corrected chi connectivity index (χ4v) is 1.91. The van der Waals surface area contributed by atoms with Gasteiger partial charge in [-0.05, 0) is 0 Å². The molecule has 1 N–H and O–H groups in total. The molecule has 7 nitrogen and oxygen atoms in total. The van der Waals surface area contributed by atoms with Gasteiger partial charge < -0.3 is 9.67 Å². The summed E-state index contributed by atoms with van der Waals surface area (Å²) in [5, 5.41) is 14.0. The van der Waals surface area contributed by atoms with E-state index in [4.69, 9.17) is 0 Å². The van der Waals surface area contributed by atoms with Gasteiger partial charge in [0.2, 0.25) is 0 Å². The summed E-state index contributed by atoms with van der Waals surface area (Å²) >= 11 is 0. The van der Waals surface area contributed by atoms with Crippen molar-refractivity contribution in [1.82, 2.24) is 24.3 Å². The van der Waals surface area contributed by atoms with Crippen LogP contribution in [0.3, 0.4) is 0 Å². The maximum absolute atomic E-state index is 11.3.